The molecule has 0 radical (unpaired) electrons. The molecule has 0 saturated carbocycles. The number of ether oxygens (including phenoxy) is 2. The maximum absolute atomic E-state index is 5.81. The molecule has 1 atom stereocenters. The number of piperazine rings is 1. The van der Waals surface area contributed by atoms with Gasteiger partial charge in [0.1, 0.15) is 17.5 Å². The van der Waals surface area contributed by atoms with E-state index < -0.39 is 0 Å². The summed E-state index contributed by atoms with van der Waals surface area (Å²) < 4.78 is 13.2. The Morgan fingerprint density at radius 2 is 1.68 bits per heavy atom. The van der Waals surface area contributed by atoms with Crippen molar-refractivity contribution < 1.29 is 9.47 Å². The number of rotatable bonds is 6. The van der Waals surface area contributed by atoms with Gasteiger partial charge in [-0.1, -0.05) is 12.1 Å². The largest absolute Gasteiger partial charge is 0.497 e. The van der Waals surface area contributed by atoms with Gasteiger partial charge >= 0.3 is 0 Å². The second-order valence-corrected chi connectivity index (χ2v) is 9.87. The van der Waals surface area contributed by atoms with Crippen molar-refractivity contribution in [2.45, 2.75) is 46.2 Å². The van der Waals surface area contributed by atoms with E-state index in [-0.39, 0.29) is 11.6 Å². The summed E-state index contributed by atoms with van der Waals surface area (Å²) in [4.78, 5) is 4.94. The number of hydrogen-bond acceptors (Lipinski definition) is 7. The number of methoxy groups -OCH3 is 2. The summed E-state index contributed by atoms with van der Waals surface area (Å²) in [7, 11) is 3.36. The Kier molecular flexibility index (Phi) is 6.79. The van der Waals surface area contributed by atoms with Gasteiger partial charge in [-0.15, -0.1) is 5.10 Å². The molecule has 0 bridgehead atoms. The van der Waals surface area contributed by atoms with Gasteiger partial charge in [0.15, 0.2) is 5.82 Å². The third-order valence-corrected chi connectivity index (χ3v) is 6.70. The minimum atomic E-state index is -0.253. The van der Waals surface area contributed by atoms with Crippen molar-refractivity contribution >= 4 is 5.69 Å². The van der Waals surface area contributed by atoms with Crippen LogP contribution in [0.5, 0.6) is 11.5 Å². The fourth-order valence-electron chi connectivity index (χ4n) is 4.68. The molecule has 1 fully saturated rings. The number of aryl methyl sites for hydroxylation is 1. The molecule has 0 N–H and O–H groups in total. The summed E-state index contributed by atoms with van der Waals surface area (Å²) in [5.41, 5.74) is 4.77. The number of anilines is 1. The SMILES string of the molecule is COc1ccc([C@H](c2nnnn2C(C)(C)C)N2CCN(c3cccc(C)c3C)CC2)c(OC)c1. The van der Waals surface area contributed by atoms with E-state index in [2.05, 4.69) is 84.2 Å². The van der Waals surface area contributed by atoms with E-state index in [1.807, 2.05) is 16.8 Å². The van der Waals surface area contributed by atoms with Gasteiger partial charge in [0.2, 0.25) is 0 Å². The molecular weight excluding hydrogens is 428 g/mol. The van der Waals surface area contributed by atoms with Crippen LogP contribution >= 0.6 is 0 Å². The average Bonchev–Trinajstić information content (AvgIpc) is 3.32. The van der Waals surface area contributed by atoms with E-state index in [9.17, 15) is 0 Å². The highest BCUT2D eigenvalue weighted by atomic mass is 16.5. The van der Waals surface area contributed by atoms with E-state index >= 15 is 0 Å². The molecule has 1 aromatic heterocycles. The zero-order valence-electron chi connectivity index (χ0n) is 21.4. The number of benzene rings is 2. The molecule has 1 aliphatic heterocycles. The standard InChI is InChI=1S/C26H36N6O2/c1-18-9-8-10-22(19(18)2)30-13-15-31(16-14-30)24(25-27-28-29-32(25)26(3,4)5)21-12-11-20(33-6)17-23(21)34-7/h8-12,17,24H,13-16H2,1-7H3/t24-/m1/s1. The zero-order valence-corrected chi connectivity index (χ0v) is 21.4. The lowest BCUT2D eigenvalue weighted by Crippen LogP contribution is -2.49. The van der Waals surface area contributed by atoms with Gasteiger partial charge in [-0.25, -0.2) is 4.68 Å². The van der Waals surface area contributed by atoms with Crippen molar-refractivity contribution in [1.29, 1.82) is 0 Å². The van der Waals surface area contributed by atoms with Crippen LogP contribution in [0.4, 0.5) is 5.69 Å². The Morgan fingerprint density at radius 1 is 0.941 bits per heavy atom. The third kappa shape index (κ3) is 4.59. The van der Waals surface area contributed by atoms with Crippen molar-refractivity contribution in [2.24, 2.45) is 0 Å². The van der Waals surface area contributed by atoms with Gasteiger partial charge in [0.25, 0.3) is 0 Å². The van der Waals surface area contributed by atoms with E-state index in [0.717, 1.165) is 49.1 Å². The summed E-state index contributed by atoms with van der Waals surface area (Å²) in [6, 6.07) is 12.4. The van der Waals surface area contributed by atoms with Crippen LogP contribution in [-0.4, -0.2) is 65.5 Å². The number of tetrazole rings is 1. The molecule has 0 aliphatic carbocycles. The first-order valence-corrected chi connectivity index (χ1v) is 11.8. The van der Waals surface area contributed by atoms with Crippen LogP contribution in [0.1, 0.15) is 49.3 Å². The van der Waals surface area contributed by atoms with Crippen LogP contribution < -0.4 is 14.4 Å². The second kappa shape index (κ2) is 9.62. The van der Waals surface area contributed by atoms with E-state index in [4.69, 9.17) is 9.47 Å². The third-order valence-electron chi connectivity index (χ3n) is 6.70. The molecule has 0 spiro atoms. The Labute approximate surface area is 202 Å². The molecule has 1 saturated heterocycles. The highest BCUT2D eigenvalue weighted by Gasteiger charge is 2.35. The van der Waals surface area contributed by atoms with Gasteiger partial charge in [0.05, 0.1) is 19.8 Å². The van der Waals surface area contributed by atoms with Crippen LogP contribution in [0.3, 0.4) is 0 Å². The number of aromatic nitrogens is 4. The molecule has 0 amide bonds. The highest BCUT2D eigenvalue weighted by Crippen LogP contribution is 2.38. The van der Waals surface area contributed by atoms with Crippen molar-refractivity contribution in [3.8, 4) is 11.5 Å². The van der Waals surface area contributed by atoms with Gasteiger partial charge < -0.3 is 14.4 Å². The Morgan fingerprint density at radius 3 is 2.32 bits per heavy atom. The van der Waals surface area contributed by atoms with Crippen molar-refractivity contribution in [1.82, 2.24) is 25.1 Å². The molecule has 8 nitrogen and oxygen atoms in total. The summed E-state index contributed by atoms with van der Waals surface area (Å²) >= 11 is 0. The van der Waals surface area contributed by atoms with Crippen LogP contribution in [0.25, 0.3) is 0 Å². The molecule has 1 aliphatic rings. The summed E-state index contributed by atoms with van der Waals surface area (Å²) in [5.74, 6) is 2.34. The Hall–Kier alpha value is -3.13. The van der Waals surface area contributed by atoms with Crippen LogP contribution in [-0.2, 0) is 5.54 Å². The molecule has 0 unspecified atom stereocenters. The van der Waals surface area contributed by atoms with Gasteiger partial charge in [-0.2, -0.15) is 0 Å². The van der Waals surface area contributed by atoms with Crippen molar-refractivity contribution in [3.05, 3.63) is 58.9 Å². The summed E-state index contributed by atoms with van der Waals surface area (Å²) in [6.45, 7) is 14.4. The predicted octanol–water partition coefficient (Wildman–Crippen LogP) is 3.97. The fraction of sp³-hybridized carbons (Fsp3) is 0.500. The van der Waals surface area contributed by atoms with E-state index in [0.29, 0.717) is 0 Å². The van der Waals surface area contributed by atoms with Crippen LogP contribution in [0, 0.1) is 13.8 Å². The first kappa shape index (κ1) is 24.0. The van der Waals surface area contributed by atoms with E-state index in [1.165, 1.54) is 16.8 Å². The summed E-state index contributed by atoms with van der Waals surface area (Å²) in [6.07, 6.45) is 0. The van der Waals surface area contributed by atoms with Gasteiger partial charge in [-0.3, -0.25) is 4.90 Å². The maximum Gasteiger partial charge on any atom is 0.173 e. The van der Waals surface area contributed by atoms with Crippen molar-refractivity contribution in [2.75, 3.05) is 45.3 Å². The van der Waals surface area contributed by atoms with E-state index in [1.54, 1.807) is 14.2 Å². The molecule has 2 heterocycles. The molecule has 3 aromatic rings. The van der Waals surface area contributed by atoms with Gasteiger partial charge in [0, 0.05) is 43.5 Å². The quantitative estimate of drug-likeness (QED) is 0.547. The lowest BCUT2D eigenvalue weighted by molar-refractivity contribution is 0.188. The molecule has 182 valence electrons. The normalized spacial score (nSPS) is 15.9. The zero-order chi connectivity index (χ0) is 24.5. The van der Waals surface area contributed by atoms with Gasteiger partial charge in [-0.05, 0) is 74.4 Å². The van der Waals surface area contributed by atoms with Crippen LogP contribution in [0.15, 0.2) is 36.4 Å². The fourth-order valence-corrected chi connectivity index (χ4v) is 4.68. The monoisotopic (exact) mass is 464 g/mol. The lowest BCUT2D eigenvalue weighted by Gasteiger charge is -2.41. The Bertz CT molecular complexity index is 1130. The molecule has 34 heavy (non-hydrogen) atoms. The average molecular weight is 465 g/mol. The smallest absolute Gasteiger partial charge is 0.173 e. The highest BCUT2D eigenvalue weighted by molar-refractivity contribution is 5.56. The first-order valence-electron chi connectivity index (χ1n) is 11.8. The Balaban J connectivity index is 1.71. The minimum absolute atomic E-state index is 0.143. The van der Waals surface area contributed by atoms with Crippen LogP contribution in [0.2, 0.25) is 0 Å². The number of hydrogen-bond donors (Lipinski definition) is 0. The molecule has 4 rings (SSSR count). The second-order valence-electron chi connectivity index (χ2n) is 9.87. The molecular formula is C26H36N6O2. The van der Waals surface area contributed by atoms with Crippen molar-refractivity contribution in [3.63, 3.8) is 0 Å². The molecule has 2 aromatic carbocycles. The topological polar surface area (TPSA) is 68.5 Å². The number of nitrogens with zero attached hydrogens (tertiary/aromatic N) is 6. The predicted molar refractivity (Wildman–Crippen MR) is 134 cm³/mol. The first-order chi connectivity index (χ1) is 16.2. The lowest BCUT2D eigenvalue weighted by atomic mass is 10.00. The summed E-state index contributed by atoms with van der Waals surface area (Å²) in [5, 5.41) is 12.9. The maximum atomic E-state index is 5.81. The molecule has 8 heteroatoms. The minimum Gasteiger partial charge on any atom is -0.497 e.